The fourth-order valence-corrected chi connectivity index (χ4v) is 1.84. The van der Waals surface area contributed by atoms with Crippen molar-refractivity contribution in [1.29, 1.82) is 0 Å². The molecular weight excluding hydrogens is 192 g/mol. The zero-order valence-electron chi connectivity index (χ0n) is 9.16. The van der Waals surface area contributed by atoms with Gasteiger partial charge < -0.3 is 10.5 Å². The Morgan fingerprint density at radius 1 is 1.40 bits per heavy atom. The van der Waals surface area contributed by atoms with Crippen LogP contribution < -0.4 is 10.5 Å². The largest absolute Gasteiger partial charge is 0.481 e. The Bertz CT molecular complexity index is 367. The van der Waals surface area contributed by atoms with E-state index in [-0.39, 0.29) is 0 Å². The number of aromatic nitrogens is 2. The lowest BCUT2D eigenvalue weighted by Crippen LogP contribution is -2.09. The average Bonchev–Trinajstić information content (AvgIpc) is 2.57. The van der Waals surface area contributed by atoms with Gasteiger partial charge in [0.2, 0.25) is 5.88 Å². The van der Waals surface area contributed by atoms with Crippen LogP contribution >= 0.6 is 0 Å². The summed E-state index contributed by atoms with van der Waals surface area (Å²) in [5.74, 6) is 1.48. The maximum Gasteiger partial charge on any atom is 0.221 e. The zero-order chi connectivity index (χ0) is 10.8. The van der Waals surface area contributed by atoms with E-state index < -0.39 is 0 Å². The first-order valence-electron chi connectivity index (χ1n) is 5.06. The summed E-state index contributed by atoms with van der Waals surface area (Å²) in [6, 6.07) is 0. The average molecular weight is 208 g/mol. The summed E-state index contributed by atoms with van der Waals surface area (Å²) in [5, 5.41) is 0. The van der Waals surface area contributed by atoms with Gasteiger partial charge in [-0.15, -0.1) is 0 Å². The van der Waals surface area contributed by atoms with Crippen molar-refractivity contribution < 1.29 is 4.74 Å². The maximum atomic E-state index is 5.49. The molecule has 0 bridgehead atoms. The third-order valence-electron chi connectivity index (χ3n) is 2.51. The molecule has 0 spiro atoms. The number of nitrogens with zero attached hydrogens (tertiary/aromatic N) is 3. The van der Waals surface area contributed by atoms with E-state index in [0.717, 1.165) is 30.2 Å². The minimum atomic E-state index is 0.567. The topological polar surface area (TPSA) is 64.3 Å². The predicted octanol–water partition coefficient (Wildman–Crippen LogP) is -0.0682. The highest BCUT2D eigenvalue weighted by Gasteiger charge is 2.23. The van der Waals surface area contributed by atoms with Crippen LogP contribution in [0.5, 0.6) is 5.88 Å². The van der Waals surface area contributed by atoms with Crippen molar-refractivity contribution in [2.45, 2.75) is 19.5 Å². The van der Waals surface area contributed by atoms with Crippen molar-refractivity contribution in [3.8, 4) is 5.88 Å². The van der Waals surface area contributed by atoms with Crippen LogP contribution in [-0.2, 0) is 19.5 Å². The van der Waals surface area contributed by atoms with Crippen molar-refractivity contribution >= 4 is 0 Å². The molecule has 1 aromatic heterocycles. The number of fused-ring (bicyclic) bond motifs is 1. The molecule has 5 nitrogen and oxygen atoms in total. The first kappa shape index (κ1) is 10.3. The van der Waals surface area contributed by atoms with E-state index in [0.29, 0.717) is 18.8 Å². The third kappa shape index (κ3) is 1.93. The lowest BCUT2D eigenvalue weighted by Gasteiger charge is -2.07. The highest BCUT2D eigenvalue weighted by Crippen LogP contribution is 2.26. The molecule has 0 saturated heterocycles. The van der Waals surface area contributed by atoms with Crippen LogP contribution in [0.2, 0.25) is 0 Å². The molecule has 1 aliphatic heterocycles. The highest BCUT2D eigenvalue weighted by molar-refractivity contribution is 5.33. The van der Waals surface area contributed by atoms with Gasteiger partial charge in [-0.3, -0.25) is 4.90 Å². The predicted molar refractivity (Wildman–Crippen MR) is 56.5 cm³/mol. The molecule has 0 aromatic carbocycles. The number of hydrogen-bond donors (Lipinski definition) is 1. The van der Waals surface area contributed by atoms with Gasteiger partial charge in [0.05, 0.1) is 18.4 Å². The molecule has 0 aliphatic carbocycles. The Hall–Kier alpha value is -1.20. The third-order valence-corrected chi connectivity index (χ3v) is 2.51. The molecule has 0 radical (unpaired) electrons. The smallest absolute Gasteiger partial charge is 0.221 e. The van der Waals surface area contributed by atoms with E-state index in [1.165, 1.54) is 0 Å². The van der Waals surface area contributed by atoms with Crippen LogP contribution in [-0.4, -0.2) is 35.6 Å². The number of nitrogens with two attached hydrogens (primary N) is 1. The lowest BCUT2D eigenvalue weighted by molar-refractivity contribution is 0.342. The van der Waals surface area contributed by atoms with Crippen molar-refractivity contribution in [3.05, 3.63) is 17.1 Å². The summed E-state index contributed by atoms with van der Waals surface area (Å²) in [7, 11) is 3.71. The number of hydrogen-bond acceptors (Lipinski definition) is 5. The van der Waals surface area contributed by atoms with Gasteiger partial charge in [-0.05, 0) is 13.6 Å². The molecule has 2 rings (SSSR count). The molecule has 0 fully saturated rings. The van der Waals surface area contributed by atoms with Crippen molar-refractivity contribution in [1.82, 2.24) is 14.9 Å². The molecule has 0 atom stereocenters. The second-order valence-electron chi connectivity index (χ2n) is 3.79. The van der Waals surface area contributed by atoms with Gasteiger partial charge in [0.15, 0.2) is 0 Å². The second kappa shape index (κ2) is 4.12. The SMILES string of the molecule is COc1nc(CCN)nc2c1CN(C)C2. The summed E-state index contributed by atoms with van der Waals surface area (Å²) < 4.78 is 5.27. The summed E-state index contributed by atoms with van der Waals surface area (Å²) in [5.41, 5.74) is 7.68. The second-order valence-corrected chi connectivity index (χ2v) is 3.79. The monoisotopic (exact) mass is 208 g/mol. The molecule has 2 N–H and O–H groups in total. The van der Waals surface area contributed by atoms with Crippen LogP contribution in [0.25, 0.3) is 0 Å². The van der Waals surface area contributed by atoms with Gasteiger partial charge >= 0.3 is 0 Å². The molecule has 15 heavy (non-hydrogen) atoms. The van der Waals surface area contributed by atoms with Gasteiger partial charge in [0.25, 0.3) is 0 Å². The van der Waals surface area contributed by atoms with E-state index in [1.54, 1.807) is 7.11 Å². The van der Waals surface area contributed by atoms with E-state index >= 15 is 0 Å². The fraction of sp³-hybridized carbons (Fsp3) is 0.600. The molecule has 82 valence electrons. The summed E-state index contributed by atoms with van der Waals surface area (Å²) in [6.07, 6.45) is 0.702. The molecule has 0 unspecified atom stereocenters. The minimum absolute atomic E-state index is 0.567. The molecular formula is C10H16N4O. The fourth-order valence-electron chi connectivity index (χ4n) is 1.84. The molecule has 1 aliphatic rings. The Labute approximate surface area is 89.3 Å². The van der Waals surface area contributed by atoms with Gasteiger partial charge in [0.1, 0.15) is 5.82 Å². The van der Waals surface area contributed by atoms with E-state index in [9.17, 15) is 0 Å². The Balaban J connectivity index is 2.38. The number of rotatable bonds is 3. The molecule has 2 heterocycles. The van der Waals surface area contributed by atoms with Gasteiger partial charge in [0, 0.05) is 19.5 Å². The Kier molecular flexibility index (Phi) is 2.83. The highest BCUT2D eigenvalue weighted by atomic mass is 16.5. The summed E-state index contributed by atoms with van der Waals surface area (Å²) in [6.45, 7) is 2.30. The lowest BCUT2D eigenvalue weighted by atomic mass is 10.2. The quantitative estimate of drug-likeness (QED) is 0.753. The molecule has 0 amide bonds. The minimum Gasteiger partial charge on any atom is -0.481 e. The van der Waals surface area contributed by atoms with Crippen molar-refractivity contribution in [2.75, 3.05) is 20.7 Å². The normalized spacial score (nSPS) is 15.4. The van der Waals surface area contributed by atoms with Gasteiger partial charge in [-0.1, -0.05) is 0 Å². The summed E-state index contributed by atoms with van der Waals surface area (Å²) in [4.78, 5) is 11.0. The van der Waals surface area contributed by atoms with Crippen molar-refractivity contribution in [3.63, 3.8) is 0 Å². The van der Waals surface area contributed by atoms with E-state index in [4.69, 9.17) is 10.5 Å². The maximum absolute atomic E-state index is 5.49. The van der Waals surface area contributed by atoms with Crippen LogP contribution in [0.1, 0.15) is 17.1 Å². The van der Waals surface area contributed by atoms with Crippen LogP contribution in [0, 0.1) is 0 Å². The van der Waals surface area contributed by atoms with Crippen LogP contribution in [0.4, 0.5) is 0 Å². The first-order valence-corrected chi connectivity index (χ1v) is 5.06. The Morgan fingerprint density at radius 2 is 2.20 bits per heavy atom. The number of methoxy groups -OCH3 is 1. The van der Waals surface area contributed by atoms with Gasteiger partial charge in [-0.2, -0.15) is 4.98 Å². The van der Waals surface area contributed by atoms with Crippen LogP contribution in [0.3, 0.4) is 0 Å². The van der Waals surface area contributed by atoms with E-state index in [2.05, 4.69) is 21.9 Å². The van der Waals surface area contributed by atoms with Crippen molar-refractivity contribution in [2.24, 2.45) is 5.73 Å². The molecule has 0 saturated carbocycles. The van der Waals surface area contributed by atoms with Gasteiger partial charge in [-0.25, -0.2) is 4.98 Å². The Morgan fingerprint density at radius 3 is 2.87 bits per heavy atom. The zero-order valence-corrected chi connectivity index (χ0v) is 9.16. The summed E-state index contributed by atoms with van der Waals surface area (Å²) >= 11 is 0. The standard InChI is InChI=1S/C10H16N4O/c1-14-5-7-8(6-14)12-9(3-4-11)13-10(7)15-2/h3-6,11H2,1-2H3. The van der Waals surface area contributed by atoms with Crippen LogP contribution in [0.15, 0.2) is 0 Å². The molecule has 1 aromatic rings. The van der Waals surface area contributed by atoms with E-state index in [1.807, 2.05) is 0 Å². The number of ether oxygens (including phenoxy) is 1. The first-order chi connectivity index (χ1) is 7.24. The molecule has 5 heteroatoms.